The van der Waals surface area contributed by atoms with Crippen molar-refractivity contribution in [3.8, 4) is 0 Å². The van der Waals surface area contributed by atoms with Gasteiger partial charge in [-0.1, -0.05) is 31.5 Å². The molecule has 1 rings (SSSR count). The number of hydrogen-bond donors (Lipinski definition) is 2. The first-order chi connectivity index (χ1) is 10.1. The van der Waals surface area contributed by atoms with Gasteiger partial charge in [-0.25, -0.2) is 0 Å². The molecular formula is C17H28N2O2. The van der Waals surface area contributed by atoms with E-state index in [1.54, 1.807) is 0 Å². The molecule has 118 valence electrons. The van der Waals surface area contributed by atoms with Crippen LogP contribution in [0.4, 0.5) is 0 Å². The number of nitrogens with one attached hydrogen (secondary N) is 2. The number of hydrogen-bond acceptors (Lipinski definition) is 3. The molecule has 4 heteroatoms. The van der Waals surface area contributed by atoms with Crippen LogP contribution in [0, 0.1) is 12.8 Å². The van der Waals surface area contributed by atoms with Crippen molar-refractivity contribution in [3.63, 3.8) is 0 Å². The smallest absolute Gasteiger partial charge is 0.251 e. The first kappa shape index (κ1) is 17.7. The van der Waals surface area contributed by atoms with E-state index in [0.29, 0.717) is 18.0 Å². The van der Waals surface area contributed by atoms with Gasteiger partial charge in [-0.3, -0.25) is 4.79 Å². The van der Waals surface area contributed by atoms with Crippen LogP contribution in [0.5, 0.6) is 0 Å². The van der Waals surface area contributed by atoms with E-state index in [9.17, 15) is 4.79 Å². The second kappa shape index (κ2) is 10.4. The van der Waals surface area contributed by atoms with Crippen molar-refractivity contribution in [1.82, 2.24) is 10.6 Å². The van der Waals surface area contributed by atoms with Crippen molar-refractivity contribution < 1.29 is 9.53 Å². The lowest BCUT2D eigenvalue weighted by Gasteiger charge is -2.08. The Balaban J connectivity index is 1.99. The summed E-state index contributed by atoms with van der Waals surface area (Å²) in [4.78, 5) is 11.8. The summed E-state index contributed by atoms with van der Waals surface area (Å²) in [6, 6.07) is 7.59. The highest BCUT2D eigenvalue weighted by Gasteiger charge is 2.03. The molecule has 1 aromatic rings. The van der Waals surface area contributed by atoms with Crippen LogP contribution in [-0.2, 0) is 4.74 Å². The molecule has 0 aromatic heterocycles. The molecule has 0 aliphatic heterocycles. The number of carbonyl (C=O) groups is 1. The molecule has 0 saturated heterocycles. The van der Waals surface area contributed by atoms with Crippen molar-refractivity contribution in [2.24, 2.45) is 5.92 Å². The van der Waals surface area contributed by atoms with Gasteiger partial charge in [0.2, 0.25) is 0 Å². The van der Waals surface area contributed by atoms with E-state index < -0.39 is 0 Å². The van der Waals surface area contributed by atoms with Gasteiger partial charge in [-0.2, -0.15) is 0 Å². The molecule has 1 aromatic carbocycles. The predicted molar refractivity (Wildman–Crippen MR) is 86.7 cm³/mol. The van der Waals surface area contributed by atoms with E-state index in [-0.39, 0.29) is 5.91 Å². The fourth-order valence-electron chi connectivity index (χ4n) is 1.76. The maximum Gasteiger partial charge on any atom is 0.251 e. The van der Waals surface area contributed by atoms with Crippen LogP contribution in [-0.4, -0.2) is 38.8 Å². The summed E-state index contributed by atoms with van der Waals surface area (Å²) < 4.78 is 5.50. The SMILES string of the molecule is Cc1ccc(C(=O)NCCNCCOCCC(C)C)cc1. The van der Waals surface area contributed by atoms with E-state index >= 15 is 0 Å². The van der Waals surface area contributed by atoms with Gasteiger partial charge in [-0.15, -0.1) is 0 Å². The first-order valence-electron chi connectivity index (χ1n) is 7.73. The lowest BCUT2D eigenvalue weighted by molar-refractivity contribution is 0.0953. The van der Waals surface area contributed by atoms with Gasteiger partial charge in [0.25, 0.3) is 5.91 Å². The molecule has 21 heavy (non-hydrogen) atoms. The summed E-state index contributed by atoms with van der Waals surface area (Å²) in [7, 11) is 0. The quantitative estimate of drug-likeness (QED) is 0.651. The first-order valence-corrected chi connectivity index (χ1v) is 7.73. The summed E-state index contributed by atoms with van der Waals surface area (Å²) in [5.41, 5.74) is 1.86. The maximum atomic E-state index is 11.8. The highest BCUT2D eigenvalue weighted by Crippen LogP contribution is 2.02. The fourth-order valence-corrected chi connectivity index (χ4v) is 1.76. The van der Waals surface area contributed by atoms with Crippen molar-refractivity contribution in [1.29, 1.82) is 0 Å². The van der Waals surface area contributed by atoms with Gasteiger partial charge >= 0.3 is 0 Å². The van der Waals surface area contributed by atoms with E-state index in [1.807, 2.05) is 31.2 Å². The van der Waals surface area contributed by atoms with E-state index in [4.69, 9.17) is 4.74 Å². The van der Waals surface area contributed by atoms with Gasteiger partial charge in [0.1, 0.15) is 0 Å². The molecule has 0 spiro atoms. The summed E-state index contributed by atoms with van der Waals surface area (Å²) in [5.74, 6) is 0.667. The molecule has 0 bridgehead atoms. The zero-order valence-electron chi connectivity index (χ0n) is 13.4. The van der Waals surface area contributed by atoms with Crippen LogP contribution < -0.4 is 10.6 Å². The summed E-state index contributed by atoms with van der Waals surface area (Å²) >= 11 is 0. The Morgan fingerprint density at radius 2 is 1.81 bits per heavy atom. The minimum absolute atomic E-state index is 0.0232. The Morgan fingerprint density at radius 3 is 2.48 bits per heavy atom. The third-order valence-corrected chi connectivity index (χ3v) is 3.16. The number of benzene rings is 1. The minimum atomic E-state index is -0.0232. The Bertz CT molecular complexity index is 402. The average Bonchev–Trinajstić information content (AvgIpc) is 2.45. The number of carbonyl (C=O) groups excluding carboxylic acids is 1. The van der Waals surface area contributed by atoms with E-state index in [1.165, 1.54) is 0 Å². The van der Waals surface area contributed by atoms with E-state index in [2.05, 4.69) is 24.5 Å². The maximum absolute atomic E-state index is 11.8. The van der Waals surface area contributed by atoms with Crippen molar-refractivity contribution in [3.05, 3.63) is 35.4 Å². The zero-order chi connectivity index (χ0) is 15.5. The molecule has 0 fully saturated rings. The van der Waals surface area contributed by atoms with E-state index in [0.717, 1.165) is 38.3 Å². The molecule has 0 saturated carbocycles. The van der Waals surface area contributed by atoms with Gasteiger partial charge in [0, 0.05) is 31.8 Å². The molecule has 0 aliphatic rings. The van der Waals surface area contributed by atoms with Gasteiger partial charge in [0.05, 0.1) is 6.61 Å². The third-order valence-electron chi connectivity index (χ3n) is 3.16. The van der Waals surface area contributed by atoms with Crippen LogP contribution in [0.25, 0.3) is 0 Å². The monoisotopic (exact) mass is 292 g/mol. The second-order valence-corrected chi connectivity index (χ2v) is 5.67. The number of aryl methyl sites for hydroxylation is 1. The Hall–Kier alpha value is -1.39. The minimum Gasteiger partial charge on any atom is -0.380 e. The van der Waals surface area contributed by atoms with Crippen molar-refractivity contribution >= 4 is 5.91 Å². The number of amides is 1. The molecule has 0 aliphatic carbocycles. The second-order valence-electron chi connectivity index (χ2n) is 5.67. The largest absolute Gasteiger partial charge is 0.380 e. The Morgan fingerprint density at radius 1 is 1.10 bits per heavy atom. The van der Waals surface area contributed by atoms with Crippen molar-refractivity contribution in [2.75, 3.05) is 32.8 Å². The van der Waals surface area contributed by atoms with Crippen LogP contribution in [0.1, 0.15) is 36.2 Å². The van der Waals surface area contributed by atoms with Gasteiger partial charge < -0.3 is 15.4 Å². The molecule has 0 unspecified atom stereocenters. The summed E-state index contributed by atoms with van der Waals surface area (Å²) in [6.45, 7) is 10.1. The lowest BCUT2D eigenvalue weighted by Crippen LogP contribution is -2.33. The topological polar surface area (TPSA) is 50.4 Å². The molecule has 1 amide bonds. The van der Waals surface area contributed by atoms with Gasteiger partial charge in [0.15, 0.2) is 0 Å². The standard InChI is InChI=1S/C17H28N2O2/c1-14(2)8-12-21-13-11-18-9-10-19-17(20)16-6-4-15(3)5-7-16/h4-7,14,18H,8-13H2,1-3H3,(H,19,20). The average molecular weight is 292 g/mol. The Labute approximate surface area is 128 Å². The molecule has 0 heterocycles. The normalized spacial score (nSPS) is 10.9. The zero-order valence-corrected chi connectivity index (χ0v) is 13.4. The van der Waals surface area contributed by atoms with Crippen LogP contribution in [0.15, 0.2) is 24.3 Å². The fraction of sp³-hybridized carbons (Fsp3) is 0.588. The predicted octanol–water partition coefficient (Wildman–Crippen LogP) is 2.38. The van der Waals surface area contributed by atoms with Gasteiger partial charge in [-0.05, 0) is 31.4 Å². The molecule has 0 radical (unpaired) electrons. The van der Waals surface area contributed by atoms with Crippen LogP contribution in [0.2, 0.25) is 0 Å². The van der Waals surface area contributed by atoms with Crippen molar-refractivity contribution in [2.45, 2.75) is 27.2 Å². The summed E-state index contributed by atoms with van der Waals surface area (Å²) in [6.07, 6.45) is 1.10. The third kappa shape index (κ3) is 8.48. The molecule has 0 atom stereocenters. The van der Waals surface area contributed by atoms with Crippen LogP contribution >= 0.6 is 0 Å². The molecule has 2 N–H and O–H groups in total. The highest BCUT2D eigenvalue weighted by atomic mass is 16.5. The van der Waals surface area contributed by atoms with Crippen LogP contribution in [0.3, 0.4) is 0 Å². The highest BCUT2D eigenvalue weighted by molar-refractivity contribution is 5.94. The number of ether oxygens (including phenoxy) is 1. The lowest BCUT2D eigenvalue weighted by atomic mass is 10.1. The molecule has 4 nitrogen and oxygen atoms in total. The number of rotatable bonds is 10. The Kier molecular flexibility index (Phi) is 8.71. The molecular weight excluding hydrogens is 264 g/mol. The summed E-state index contributed by atoms with van der Waals surface area (Å²) in [5, 5.41) is 6.14.